The average Bonchev–Trinajstić information content (AvgIpc) is 3.16. The molecule has 4 fully saturated rings. The summed E-state index contributed by atoms with van der Waals surface area (Å²) < 4.78 is 5.44. The van der Waals surface area contributed by atoms with Gasteiger partial charge in [0, 0.05) is 12.1 Å². The van der Waals surface area contributed by atoms with E-state index in [4.69, 9.17) is 4.74 Å². The SMILES string of the molecule is CC1C[C@@H](N2CCCCC2)C(C(=O)N2C(=O)OC[C@@H]2C(C)(C)C)[C@@H](N2CCCCC2)C1. The molecule has 0 spiro atoms. The van der Waals surface area contributed by atoms with Crippen LogP contribution in [0.4, 0.5) is 4.79 Å². The van der Waals surface area contributed by atoms with Gasteiger partial charge in [-0.3, -0.25) is 14.6 Å². The van der Waals surface area contributed by atoms with Crippen LogP contribution in [0, 0.1) is 17.3 Å². The number of hydrogen-bond acceptors (Lipinski definition) is 5. The normalized spacial score (nSPS) is 36.5. The van der Waals surface area contributed by atoms with Crippen LogP contribution in [0.5, 0.6) is 0 Å². The number of carbonyl (C=O) groups is 2. The van der Waals surface area contributed by atoms with Crippen LogP contribution >= 0.6 is 0 Å². The van der Waals surface area contributed by atoms with Gasteiger partial charge < -0.3 is 4.74 Å². The van der Waals surface area contributed by atoms with E-state index in [1.807, 2.05) is 0 Å². The Morgan fingerprint density at radius 1 is 0.871 bits per heavy atom. The number of ether oxygens (including phenoxy) is 1. The van der Waals surface area contributed by atoms with E-state index >= 15 is 0 Å². The monoisotopic (exact) mass is 433 g/mol. The van der Waals surface area contributed by atoms with Crippen molar-refractivity contribution in [3.63, 3.8) is 0 Å². The summed E-state index contributed by atoms with van der Waals surface area (Å²) in [7, 11) is 0. The Kier molecular flexibility index (Phi) is 6.97. The summed E-state index contributed by atoms with van der Waals surface area (Å²) in [6, 6.07) is 0.283. The van der Waals surface area contributed by atoms with E-state index in [2.05, 4.69) is 37.5 Å². The zero-order chi connectivity index (χ0) is 22.2. The summed E-state index contributed by atoms with van der Waals surface area (Å²) in [5, 5.41) is 0. The first-order chi connectivity index (χ1) is 14.8. The van der Waals surface area contributed by atoms with Gasteiger partial charge in [0.1, 0.15) is 6.61 Å². The fourth-order valence-corrected chi connectivity index (χ4v) is 6.51. The quantitative estimate of drug-likeness (QED) is 0.670. The molecule has 0 aromatic carbocycles. The largest absolute Gasteiger partial charge is 0.447 e. The van der Waals surface area contributed by atoms with E-state index in [0.717, 1.165) is 39.0 Å². The Morgan fingerprint density at radius 3 is 1.81 bits per heavy atom. The molecule has 0 radical (unpaired) electrons. The molecule has 2 unspecified atom stereocenters. The highest BCUT2D eigenvalue weighted by molar-refractivity contribution is 5.95. The fourth-order valence-electron chi connectivity index (χ4n) is 6.51. The number of likely N-dealkylation sites (tertiary alicyclic amines) is 2. The van der Waals surface area contributed by atoms with Crippen LogP contribution < -0.4 is 0 Å². The standard InChI is InChI=1S/C25H43N3O3/c1-18-15-19(26-11-7-5-8-12-26)22(20(16-18)27-13-9-6-10-14-27)23(29)28-21(25(2,3)4)17-31-24(28)30/h18-22H,5-17H2,1-4H3/t18?,19-,20+,21-,22?/m1/s1. The van der Waals surface area contributed by atoms with Crippen LogP contribution in [0.15, 0.2) is 0 Å². The molecule has 31 heavy (non-hydrogen) atoms. The van der Waals surface area contributed by atoms with Gasteiger partial charge in [0.25, 0.3) is 0 Å². The molecule has 0 bridgehead atoms. The molecule has 0 N–H and O–H groups in total. The third-order valence-electron chi connectivity index (χ3n) is 8.23. The number of imide groups is 1. The van der Waals surface area contributed by atoms with Crippen molar-refractivity contribution in [2.45, 2.75) is 97.2 Å². The van der Waals surface area contributed by atoms with E-state index in [-0.39, 0.29) is 35.4 Å². The van der Waals surface area contributed by atoms with Crippen molar-refractivity contribution in [1.82, 2.24) is 14.7 Å². The number of rotatable bonds is 3. The molecule has 176 valence electrons. The van der Waals surface area contributed by atoms with Gasteiger partial charge in [0.15, 0.2) is 0 Å². The summed E-state index contributed by atoms with van der Waals surface area (Å²) in [6.45, 7) is 13.3. The average molecular weight is 434 g/mol. The summed E-state index contributed by atoms with van der Waals surface area (Å²) >= 11 is 0. The molecular formula is C25H43N3O3. The van der Waals surface area contributed by atoms with Crippen LogP contribution in [-0.4, -0.2) is 77.6 Å². The number of nitrogens with zero attached hydrogens (tertiary/aromatic N) is 3. The molecule has 4 aliphatic rings. The molecule has 0 aromatic rings. The van der Waals surface area contributed by atoms with Crippen molar-refractivity contribution in [3.05, 3.63) is 0 Å². The van der Waals surface area contributed by atoms with Gasteiger partial charge in [-0.2, -0.15) is 0 Å². The molecule has 4 rings (SSSR count). The fraction of sp³-hybridized carbons (Fsp3) is 0.920. The zero-order valence-corrected chi connectivity index (χ0v) is 20.1. The Bertz CT molecular complexity index is 621. The molecule has 1 saturated carbocycles. The molecule has 1 aliphatic carbocycles. The van der Waals surface area contributed by atoms with Gasteiger partial charge in [0.05, 0.1) is 12.0 Å². The second-order valence-electron chi connectivity index (χ2n) is 11.6. The lowest BCUT2D eigenvalue weighted by Crippen LogP contribution is -2.62. The van der Waals surface area contributed by atoms with Gasteiger partial charge in [-0.15, -0.1) is 0 Å². The summed E-state index contributed by atoms with van der Waals surface area (Å²) in [5.41, 5.74) is -0.189. The Hall–Kier alpha value is -1.14. The summed E-state index contributed by atoms with van der Waals surface area (Å²) in [4.78, 5) is 33.8. The Morgan fingerprint density at radius 2 is 1.35 bits per heavy atom. The molecule has 3 aliphatic heterocycles. The number of carbonyl (C=O) groups excluding carboxylic acids is 2. The van der Waals surface area contributed by atoms with Gasteiger partial charge >= 0.3 is 6.09 Å². The predicted octanol–water partition coefficient (Wildman–Crippen LogP) is 4.14. The minimum Gasteiger partial charge on any atom is -0.447 e. The molecule has 6 nitrogen and oxygen atoms in total. The number of amides is 2. The third-order valence-corrected chi connectivity index (χ3v) is 8.23. The first-order valence-electron chi connectivity index (χ1n) is 12.8. The van der Waals surface area contributed by atoms with E-state index < -0.39 is 6.09 Å². The van der Waals surface area contributed by atoms with Crippen LogP contribution in [0.1, 0.15) is 79.1 Å². The Labute approximate surface area is 188 Å². The van der Waals surface area contributed by atoms with Crippen molar-refractivity contribution in [2.75, 3.05) is 32.8 Å². The molecular weight excluding hydrogens is 390 g/mol. The van der Waals surface area contributed by atoms with Crippen molar-refractivity contribution in [2.24, 2.45) is 17.3 Å². The lowest BCUT2D eigenvalue weighted by Gasteiger charge is -2.51. The molecule has 2 amide bonds. The van der Waals surface area contributed by atoms with Gasteiger partial charge in [-0.25, -0.2) is 9.69 Å². The molecule has 3 heterocycles. The lowest BCUT2D eigenvalue weighted by molar-refractivity contribution is -0.144. The first-order valence-corrected chi connectivity index (χ1v) is 12.8. The van der Waals surface area contributed by atoms with Crippen LogP contribution in [0.25, 0.3) is 0 Å². The van der Waals surface area contributed by atoms with Crippen molar-refractivity contribution in [1.29, 1.82) is 0 Å². The van der Waals surface area contributed by atoms with Crippen LogP contribution in [-0.2, 0) is 9.53 Å². The Balaban J connectivity index is 1.67. The molecule has 5 atom stereocenters. The van der Waals surface area contributed by atoms with Crippen molar-refractivity contribution >= 4 is 12.0 Å². The van der Waals surface area contributed by atoms with E-state index in [9.17, 15) is 9.59 Å². The summed E-state index contributed by atoms with van der Waals surface area (Å²) in [6.07, 6.45) is 9.14. The third kappa shape index (κ3) is 4.80. The van der Waals surface area contributed by atoms with Crippen molar-refractivity contribution < 1.29 is 14.3 Å². The van der Waals surface area contributed by atoms with Crippen LogP contribution in [0.3, 0.4) is 0 Å². The zero-order valence-electron chi connectivity index (χ0n) is 20.1. The van der Waals surface area contributed by atoms with Crippen LogP contribution in [0.2, 0.25) is 0 Å². The van der Waals surface area contributed by atoms with E-state index in [1.165, 1.54) is 43.4 Å². The highest BCUT2D eigenvalue weighted by Crippen LogP contribution is 2.40. The topological polar surface area (TPSA) is 53.1 Å². The molecule has 0 aromatic heterocycles. The first kappa shape index (κ1) is 23.0. The maximum absolute atomic E-state index is 14.3. The molecule has 6 heteroatoms. The number of piperidine rings is 2. The van der Waals surface area contributed by atoms with Crippen molar-refractivity contribution in [3.8, 4) is 0 Å². The maximum atomic E-state index is 14.3. The maximum Gasteiger partial charge on any atom is 0.417 e. The predicted molar refractivity (Wildman–Crippen MR) is 122 cm³/mol. The number of hydrogen-bond donors (Lipinski definition) is 0. The second-order valence-corrected chi connectivity index (χ2v) is 11.6. The van der Waals surface area contributed by atoms with Gasteiger partial charge in [0.2, 0.25) is 5.91 Å². The highest BCUT2D eigenvalue weighted by atomic mass is 16.6. The second kappa shape index (κ2) is 9.38. The van der Waals surface area contributed by atoms with E-state index in [1.54, 1.807) is 0 Å². The lowest BCUT2D eigenvalue weighted by atomic mass is 9.72. The van der Waals surface area contributed by atoms with Gasteiger partial charge in [-0.05, 0) is 76.0 Å². The summed E-state index contributed by atoms with van der Waals surface area (Å²) in [5.74, 6) is 0.496. The smallest absolute Gasteiger partial charge is 0.417 e. The minimum atomic E-state index is -0.432. The number of cyclic esters (lactones) is 1. The highest BCUT2D eigenvalue weighted by Gasteiger charge is 2.52. The molecule has 3 saturated heterocycles. The minimum absolute atomic E-state index is 0.0282. The van der Waals surface area contributed by atoms with E-state index in [0.29, 0.717) is 12.5 Å². The van der Waals surface area contributed by atoms with Gasteiger partial charge in [-0.1, -0.05) is 40.5 Å².